The van der Waals surface area contributed by atoms with Gasteiger partial charge in [0, 0.05) is 18.7 Å². The lowest BCUT2D eigenvalue weighted by atomic mass is 9.96. The molecule has 30 heavy (non-hydrogen) atoms. The Labute approximate surface area is 181 Å². The maximum absolute atomic E-state index is 13.2. The zero-order chi connectivity index (χ0) is 23.0. The van der Waals surface area contributed by atoms with Crippen LogP contribution in [0.3, 0.4) is 0 Å². The number of piperidine rings is 1. The van der Waals surface area contributed by atoms with Gasteiger partial charge in [-0.3, -0.25) is 14.5 Å². The standard InChI is InChI=1S/C23H41N3O4/c1-8-17(6)26-13-11-10-12-19(26)21(27)24-20(15(3)4)22(28)25(7)18(9-2)14-16(5)23(29)30/h14-15,17-20H,8-13H2,1-7H3,(H,24,27)(H,29,30)/t17?,18-,19+,20-/m0/s1. The molecule has 2 amide bonds. The molecule has 1 fully saturated rings. The van der Waals surface area contributed by atoms with Crippen molar-refractivity contribution in [1.82, 2.24) is 15.1 Å². The van der Waals surface area contributed by atoms with Crippen molar-refractivity contribution in [3.8, 4) is 0 Å². The lowest BCUT2D eigenvalue weighted by molar-refractivity contribution is -0.140. The summed E-state index contributed by atoms with van der Waals surface area (Å²) < 4.78 is 0. The molecule has 4 atom stereocenters. The smallest absolute Gasteiger partial charge is 0.331 e. The molecule has 0 bridgehead atoms. The van der Waals surface area contributed by atoms with Gasteiger partial charge >= 0.3 is 5.97 Å². The number of carbonyl (C=O) groups excluding carboxylic acids is 2. The molecule has 1 aliphatic heterocycles. The summed E-state index contributed by atoms with van der Waals surface area (Å²) in [6.07, 6.45) is 6.09. The van der Waals surface area contributed by atoms with Gasteiger partial charge < -0.3 is 15.3 Å². The topological polar surface area (TPSA) is 90.0 Å². The van der Waals surface area contributed by atoms with E-state index >= 15 is 0 Å². The van der Waals surface area contributed by atoms with Crippen molar-refractivity contribution in [2.75, 3.05) is 13.6 Å². The number of carboxylic acid groups (broad SMARTS) is 1. The molecule has 0 aliphatic carbocycles. The number of nitrogens with one attached hydrogen (secondary N) is 1. The Bertz CT molecular complexity index is 632. The fourth-order valence-electron chi connectivity index (χ4n) is 4.01. The average molecular weight is 424 g/mol. The molecule has 0 radical (unpaired) electrons. The molecule has 0 aromatic carbocycles. The van der Waals surface area contributed by atoms with Gasteiger partial charge in [-0.2, -0.15) is 0 Å². The van der Waals surface area contributed by atoms with Crippen LogP contribution >= 0.6 is 0 Å². The van der Waals surface area contributed by atoms with Crippen molar-refractivity contribution in [2.45, 2.75) is 97.8 Å². The lowest BCUT2D eigenvalue weighted by Crippen LogP contribution is -2.58. The number of carbonyl (C=O) groups is 3. The predicted octanol–water partition coefficient (Wildman–Crippen LogP) is 3.05. The number of likely N-dealkylation sites (N-methyl/N-ethyl adjacent to an activating group) is 1. The lowest BCUT2D eigenvalue weighted by Gasteiger charge is -2.40. The van der Waals surface area contributed by atoms with Gasteiger partial charge in [-0.15, -0.1) is 0 Å². The van der Waals surface area contributed by atoms with Crippen LogP contribution in [0.1, 0.15) is 73.6 Å². The summed E-state index contributed by atoms with van der Waals surface area (Å²) in [5.41, 5.74) is 0.207. The quantitative estimate of drug-likeness (QED) is 0.527. The second kappa shape index (κ2) is 12.1. The number of likely N-dealkylation sites (tertiary alicyclic amines) is 1. The summed E-state index contributed by atoms with van der Waals surface area (Å²) in [5, 5.41) is 12.2. The molecule has 7 heteroatoms. The molecular formula is C23H41N3O4. The first-order chi connectivity index (χ1) is 14.0. The van der Waals surface area contributed by atoms with Crippen LogP contribution < -0.4 is 5.32 Å². The molecule has 7 nitrogen and oxygen atoms in total. The van der Waals surface area contributed by atoms with E-state index in [0.717, 1.165) is 32.2 Å². The van der Waals surface area contributed by atoms with Gasteiger partial charge in [0.25, 0.3) is 0 Å². The van der Waals surface area contributed by atoms with Crippen molar-refractivity contribution in [3.63, 3.8) is 0 Å². The number of amides is 2. The number of hydrogen-bond acceptors (Lipinski definition) is 4. The maximum atomic E-state index is 13.2. The van der Waals surface area contributed by atoms with Gasteiger partial charge in [-0.25, -0.2) is 4.79 Å². The highest BCUT2D eigenvalue weighted by Gasteiger charge is 2.35. The molecule has 0 saturated carbocycles. The van der Waals surface area contributed by atoms with Gasteiger partial charge in [-0.1, -0.05) is 40.2 Å². The molecule has 0 spiro atoms. The van der Waals surface area contributed by atoms with E-state index in [2.05, 4.69) is 24.1 Å². The van der Waals surface area contributed by atoms with Crippen LogP contribution in [0.25, 0.3) is 0 Å². The minimum atomic E-state index is -0.995. The Balaban J connectivity index is 2.99. The molecule has 172 valence electrons. The Morgan fingerprint density at radius 1 is 1.17 bits per heavy atom. The molecular weight excluding hydrogens is 382 g/mol. The van der Waals surface area contributed by atoms with Crippen molar-refractivity contribution in [2.24, 2.45) is 5.92 Å². The molecule has 1 aliphatic rings. The molecule has 1 rings (SSSR count). The monoisotopic (exact) mass is 423 g/mol. The molecule has 2 N–H and O–H groups in total. The fourth-order valence-corrected chi connectivity index (χ4v) is 4.01. The van der Waals surface area contributed by atoms with Crippen molar-refractivity contribution < 1.29 is 19.5 Å². The van der Waals surface area contributed by atoms with E-state index in [1.807, 2.05) is 20.8 Å². The average Bonchev–Trinajstić information content (AvgIpc) is 2.73. The van der Waals surface area contributed by atoms with Crippen LogP contribution in [0.5, 0.6) is 0 Å². The summed E-state index contributed by atoms with van der Waals surface area (Å²) in [7, 11) is 1.68. The van der Waals surface area contributed by atoms with E-state index in [4.69, 9.17) is 5.11 Å². The zero-order valence-corrected chi connectivity index (χ0v) is 19.8. The number of rotatable bonds is 10. The predicted molar refractivity (Wildman–Crippen MR) is 119 cm³/mol. The first kappa shape index (κ1) is 26.1. The zero-order valence-electron chi connectivity index (χ0n) is 19.8. The van der Waals surface area contributed by atoms with E-state index in [1.165, 1.54) is 6.92 Å². The van der Waals surface area contributed by atoms with Crippen molar-refractivity contribution in [1.29, 1.82) is 0 Å². The van der Waals surface area contributed by atoms with Gasteiger partial charge in [0.05, 0.1) is 12.1 Å². The fraction of sp³-hybridized carbons (Fsp3) is 0.783. The number of aliphatic carboxylic acids is 1. The third-order valence-electron chi connectivity index (χ3n) is 6.28. The van der Waals surface area contributed by atoms with Crippen LogP contribution in [-0.4, -0.2) is 70.4 Å². The van der Waals surface area contributed by atoms with Crippen molar-refractivity contribution >= 4 is 17.8 Å². The second-order valence-electron chi connectivity index (χ2n) is 8.82. The number of nitrogens with zero attached hydrogens (tertiary/aromatic N) is 2. The van der Waals surface area contributed by atoms with Crippen molar-refractivity contribution in [3.05, 3.63) is 11.6 Å². The van der Waals surface area contributed by atoms with E-state index in [-0.39, 0.29) is 35.4 Å². The Morgan fingerprint density at radius 3 is 2.30 bits per heavy atom. The normalized spacial score (nSPS) is 21.1. The Kier molecular flexibility index (Phi) is 10.5. The molecule has 0 aromatic heterocycles. The van der Waals surface area contributed by atoms with E-state index in [1.54, 1.807) is 18.0 Å². The summed E-state index contributed by atoms with van der Waals surface area (Å²) in [4.78, 5) is 41.4. The minimum Gasteiger partial charge on any atom is -0.478 e. The summed E-state index contributed by atoms with van der Waals surface area (Å²) in [6.45, 7) is 12.5. The number of hydrogen-bond donors (Lipinski definition) is 2. The summed E-state index contributed by atoms with van der Waals surface area (Å²) in [5.74, 6) is -1.34. The van der Waals surface area contributed by atoms with Gasteiger partial charge in [0.2, 0.25) is 11.8 Å². The SMILES string of the molecule is CCC(C)N1CCCC[C@@H]1C(=O)N[C@H](C(=O)N(C)[C@H](C=C(C)C(=O)O)CC)C(C)C. The van der Waals surface area contributed by atoms with Gasteiger partial charge in [0.1, 0.15) is 6.04 Å². The minimum absolute atomic E-state index is 0.0772. The third kappa shape index (κ3) is 6.83. The van der Waals surface area contributed by atoms with Crippen LogP contribution in [0.15, 0.2) is 11.6 Å². The molecule has 1 heterocycles. The maximum Gasteiger partial charge on any atom is 0.331 e. The van der Waals surface area contributed by atoms with E-state index in [9.17, 15) is 14.4 Å². The van der Waals surface area contributed by atoms with Crippen LogP contribution in [-0.2, 0) is 14.4 Å². The Hall–Kier alpha value is -1.89. The highest BCUT2D eigenvalue weighted by atomic mass is 16.4. The van der Waals surface area contributed by atoms with E-state index < -0.39 is 12.0 Å². The second-order valence-corrected chi connectivity index (χ2v) is 8.82. The van der Waals surface area contributed by atoms with Gasteiger partial charge in [0.15, 0.2) is 0 Å². The summed E-state index contributed by atoms with van der Waals surface area (Å²) >= 11 is 0. The van der Waals surface area contributed by atoms with E-state index in [0.29, 0.717) is 12.5 Å². The molecule has 0 aromatic rings. The highest BCUT2D eigenvalue weighted by Crippen LogP contribution is 2.22. The first-order valence-electron chi connectivity index (χ1n) is 11.3. The Morgan fingerprint density at radius 2 is 1.80 bits per heavy atom. The van der Waals surface area contributed by atoms with Crippen LogP contribution in [0.4, 0.5) is 0 Å². The van der Waals surface area contributed by atoms with Crippen LogP contribution in [0, 0.1) is 5.92 Å². The molecule has 1 saturated heterocycles. The summed E-state index contributed by atoms with van der Waals surface area (Å²) in [6, 6.07) is -0.858. The third-order valence-corrected chi connectivity index (χ3v) is 6.28. The first-order valence-corrected chi connectivity index (χ1v) is 11.3. The largest absolute Gasteiger partial charge is 0.478 e. The van der Waals surface area contributed by atoms with Crippen LogP contribution in [0.2, 0.25) is 0 Å². The van der Waals surface area contributed by atoms with Gasteiger partial charge in [-0.05, 0) is 52.0 Å². The molecule has 1 unspecified atom stereocenters. The number of carboxylic acids is 1. The highest BCUT2D eigenvalue weighted by molar-refractivity contribution is 5.90.